The Bertz CT molecular complexity index is 502. The molecule has 1 aromatic rings. The normalized spacial score (nSPS) is 20.6. The average Bonchev–Trinajstić information content (AvgIpc) is 2.62. The van der Waals surface area contributed by atoms with Gasteiger partial charge < -0.3 is 21.1 Å². The van der Waals surface area contributed by atoms with Crippen LogP contribution in [0.4, 0.5) is 17.5 Å². The molecule has 1 aromatic heterocycles. The summed E-state index contributed by atoms with van der Waals surface area (Å²) >= 11 is 0. The number of fused-ring (bicyclic) bond motifs is 1. The zero-order valence-electron chi connectivity index (χ0n) is 9.36. The summed E-state index contributed by atoms with van der Waals surface area (Å²) in [5, 5.41) is 12.6. The van der Waals surface area contributed by atoms with Crippen LogP contribution in [-0.4, -0.2) is 33.9 Å². The Morgan fingerprint density at radius 2 is 2.29 bits per heavy atom. The third-order valence-electron chi connectivity index (χ3n) is 3.74. The summed E-state index contributed by atoms with van der Waals surface area (Å²) in [5.74, 6) is 0.662. The molecule has 17 heavy (non-hydrogen) atoms. The van der Waals surface area contributed by atoms with E-state index < -0.39 is 0 Å². The molecule has 1 fully saturated rings. The Labute approximate surface area is 97.7 Å². The number of aromatic nitrogens is 2. The monoisotopic (exact) mass is 237 g/mol. The van der Waals surface area contributed by atoms with E-state index >= 15 is 0 Å². The van der Waals surface area contributed by atoms with Crippen molar-refractivity contribution in [2.24, 2.45) is 0 Å². The summed E-state index contributed by atoms with van der Waals surface area (Å²) in [4.78, 5) is 20.3. The van der Waals surface area contributed by atoms with Crippen LogP contribution in [0.1, 0.15) is 19.3 Å². The van der Waals surface area contributed by atoms with Crippen LogP contribution in [0.15, 0.2) is 4.79 Å². The minimum atomic E-state index is -0.272. The first-order chi connectivity index (χ1) is 8.16. The van der Waals surface area contributed by atoms with Gasteiger partial charge in [-0.2, -0.15) is 4.98 Å². The number of aliphatic hydroxyl groups excluding tert-OH is 1. The van der Waals surface area contributed by atoms with Crippen molar-refractivity contribution in [2.45, 2.75) is 24.8 Å². The number of nitrogen functional groups attached to an aromatic ring is 1. The summed E-state index contributed by atoms with van der Waals surface area (Å²) in [5.41, 5.74) is 5.46. The molecule has 2 aliphatic rings. The maximum Gasteiger partial charge on any atom is 0.277 e. The molecule has 0 radical (unpaired) electrons. The molecule has 3 rings (SSSR count). The van der Waals surface area contributed by atoms with Crippen molar-refractivity contribution in [1.29, 1.82) is 0 Å². The second-order valence-electron chi connectivity index (χ2n) is 4.65. The second kappa shape index (κ2) is 3.36. The molecule has 7 heteroatoms. The van der Waals surface area contributed by atoms with Crippen LogP contribution in [-0.2, 0) is 0 Å². The van der Waals surface area contributed by atoms with E-state index in [9.17, 15) is 9.90 Å². The van der Waals surface area contributed by atoms with Gasteiger partial charge in [-0.25, -0.2) is 0 Å². The van der Waals surface area contributed by atoms with Gasteiger partial charge in [-0.15, -0.1) is 0 Å². The van der Waals surface area contributed by atoms with E-state index in [4.69, 9.17) is 5.73 Å². The first-order valence-corrected chi connectivity index (χ1v) is 5.68. The SMILES string of the molecule is Nc1nc2c(c(=O)[nH]1)NCN2C1(CO)CCC1. The quantitative estimate of drug-likeness (QED) is 0.550. The van der Waals surface area contributed by atoms with Gasteiger partial charge in [0.1, 0.15) is 5.69 Å². The molecule has 0 saturated heterocycles. The van der Waals surface area contributed by atoms with E-state index in [-0.39, 0.29) is 23.7 Å². The molecule has 0 amide bonds. The van der Waals surface area contributed by atoms with Crippen molar-refractivity contribution in [3.05, 3.63) is 10.4 Å². The number of aromatic amines is 1. The van der Waals surface area contributed by atoms with E-state index in [1.807, 2.05) is 4.90 Å². The van der Waals surface area contributed by atoms with Gasteiger partial charge in [0, 0.05) is 0 Å². The van der Waals surface area contributed by atoms with Crippen molar-refractivity contribution in [3.8, 4) is 0 Å². The van der Waals surface area contributed by atoms with Gasteiger partial charge in [0.05, 0.1) is 18.8 Å². The molecule has 0 spiro atoms. The van der Waals surface area contributed by atoms with Gasteiger partial charge in [-0.1, -0.05) is 0 Å². The van der Waals surface area contributed by atoms with E-state index in [1.165, 1.54) is 0 Å². The van der Waals surface area contributed by atoms with Crippen LogP contribution >= 0.6 is 0 Å². The van der Waals surface area contributed by atoms with Gasteiger partial charge >= 0.3 is 0 Å². The van der Waals surface area contributed by atoms with Crippen molar-refractivity contribution in [2.75, 3.05) is 29.2 Å². The van der Waals surface area contributed by atoms with Crippen LogP contribution in [0, 0.1) is 0 Å². The molecular formula is C10H15N5O2. The van der Waals surface area contributed by atoms with Crippen LogP contribution in [0.5, 0.6) is 0 Å². The van der Waals surface area contributed by atoms with Gasteiger partial charge in [0.2, 0.25) is 5.95 Å². The smallest absolute Gasteiger partial charge is 0.277 e. The highest BCUT2D eigenvalue weighted by Crippen LogP contribution is 2.42. The maximum atomic E-state index is 11.7. The number of aliphatic hydroxyl groups is 1. The van der Waals surface area contributed by atoms with Crippen LogP contribution < -0.4 is 21.5 Å². The molecular weight excluding hydrogens is 222 g/mol. The van der Waals surface area contributed by atoms with Crippen molar-refractivity contribution in [1.82, 2.24) is 9.97 Å². The number of H-pyrrole nitrogens is 1. The number of hydrogen-bond acceptors (Lipinski definition) is 6. The lowest BCUT2D eigenvalue weighted by Crippen LogP contribution is -2.56. The Hall–Kier alpha value is -1.76. The van der Waals surface area contributed by atoms with Gasteiger partial charge in [-0.3, -0.25) is 9.78 Å². The first kappa shape index (κ1) is 10.4. The number of nitrogens with zero attached hydrogens (tertiary/aromatic N) is 2. The Morgan fingerprint density at radius 3 is 2.88 bits per heavy atom. The predicted octanol–water partition coefficient (Wildman–Crippen LogP) is -0.544. The van der Waals surface area contributed by atoms with Gasteiger partial charge in [0.25, 0.3) is 5.56 Å². The Kier molecular flexibility index (Phi) is 2.06. The van der Waals surface area contributed by atoms with Crippen LogP contribution in [0.2, 0.25) is 0 Å². The zero-order valence-corrected chi connectivity index (χ0v) is 9.36. The fourth-order valence-corrected chi connectivity index (χ4v) is 2.56. The topological polar surface area (TPSA) is 107 Å². The number of hydrogen-bond donors (Lipinski definition) is 4. The van der Waals surface area contributed by atoms with Gasteiger partial charge in [-0.05, 0) is 19.3 Å². The first-order valence-electron chi connectivity index (χ1n) is 5.68. The number of nitrogens with one attached hydrogen (secondary N) is 2. The molecule has 1 saturated carbocycles. The fourth-order valence-electron chi connectivity index (χ4n) is 2.56. The summed E-state index contributed by atoms with van der Waals surface area (Å²) in [7, 11) is 0. The van der Waals surface area contributed by atoms with E-state index in [0.29, 0.717) is 18.2 Å². The predicted molar refractivity (Wildman–Crippen MR) is 63.9 cm³/mol. The highest BCUT2D eigenvalue weighted by molar-refractivity contribution is 5.72. The summed E-state index contributed by atoms with van der Waals surface area (Å²) in [6.07, 6.45) is 2.92. The minimum Gasteiger partial charge on any atom is -0.394 e. The molecule has 7 nitrogen and oxygen atoms in total. The van der Waals surface area contributed by atoms with E-state index in [1.54, 1.807) is 0 Å². The second-order valence-corrected chi connectivity index (χ2v) is 4.65. The van der Waals surface area contributed by atoms with Crippen LogP contribution in [0.3, 0.4) is 0 Å². The largest absolute Gasteiger partial charge is 0.394 e. The Morgan fingerprint density at radius 1 is 1.53 bits per heavy atom. The number of anilines is 3. The molecule has 0 aromatic carbocycles. The molecule has 0 unspecified atom stereocenters. The lowest BCUT2D eigenvalue weighted by atomic mass is 9.76. The molecule has 2 heterocycles. The standard InChI is InChI=1S/C10H15N5O2/c11-9-13-7-6(8(17)14-9)12-5-15(7)10(4-16)2-1-3-10/h12,16H,1-5H2,(H3,11,13,14,17). The van der Waals surface area contributed by atoms with Crippen molar-refractivity contribution in [3.63, 3.8) is 0 Å². The summed E-state index contributed by atoms with van der Waals surface area (Å²) < 4.78 is 0. The number of nitrogens with two attached hydrogens (primary N) is 1. The molecule has 1 aliphatic carbocycles. The summed E-state index contributed by atoms with van der Waals surface area (Å²) in [6, 6.07) is 0. The highest BCUT2D eigenvalue weighted by Gasteiger charge is 2.45. The fraction of sp³-hybridized carbons (Fsp3) is 0.600. The lowest BCUT2D eigenvalue weighted by molar-refractivity contribution is 0.118. The molecule has 0 atom stereocenters. The lowest BCUT2D eigenvalue weighted by Gasteiger charge is -2.47. The minimum absolute atomic E-state index is 0.0719. The highest BCUT2D eigenvalue weighted by atomic mass is 16.3. The van der Waals surface area contributed by atoms with Crippen LogP contribution in [0.25, 0.3) is 0 Å². The van der Waals surface area contributed by atoms with Crippen molar-refractivity contribution >= 4 is 17.5 Å². The van der Waals surface area contributed by atoms with Crippen molar-refractivity contribution < 1.29 is 5.11 Å². The van der Waals surface area contributed by atoms with E-state index in [2.05, 4.69) is 15.3 Å². The van der Waals surface area contributed by atoms with Gasteiger partial charge in [0.15, 0.2) is 5.82 Å². The summed E-state index contributed by atoms with van der Waals surface area (Å²) in [6.45, 7) is 0.567. The third-order valence-corrected chi connectivity index (χ3v) is 3.74. The van der Waals surface area contributed by atoms with E-state index in [0.717, 1.165) is 19.3 Å². The molecule has 1 aliphatic heterocycles. The number of rotatable bonds is 2. The molecule has 92 valence electrons. The average molecular weight is 237 g/mol. The molecule has 5 N–H and O–H groups in total. The Balaban J connectivity index is 2.06. The third kappa shape index (κ3) is 1.32. The maximum absolute atomic E-state index is 11.7. The zero-order chi connectivity index (χ0) is 12.0. The molecule has 0 bridgehead atoms.